The van der Waals surface area contributed by atoms with Gasteiger partial charge in [-0.05, 0) is 13.8 Å². The lowest BCUT2D eigenvalue weighted by atomic mass is 10.5. The summed E-state index contributed by atoms with van der Waals surface area (Å²) in [6.07, 6.45) is -0.167. The highest BCUT2D eigenvalue weighted by Crippen LogP contribution is 1.65. The number of aliphatic hydroxyl groups is 1. The van der Waals surface area contributed by atoms with Crippen LogP contribution in [0, 0.1) is 0 Å². The molecule has 0 amide bonds. The number of rotatable bonds is 0. The summed E-state index contributed by atoms with van der Waals surface area (Å²) in [5, 5.41) is 8.06. The quantitative estimate of drug-likeness (QED) is 0.337. The Morgan fingerprint density at radius 1 is 1.17 bits per heavy atom. The average molecular weight is 210 g/mol. The molecule has 8 nitrogen and oxygen atoms in total. The van der Waals surface area contributed by atoms with Crippen LogP contribution in [0.2, 0.25) is 0 Å². The second kappa shape index (κ2) is 13.3. The summed E-state index contributed by atoms with van der Waals surface area (Å²) in [6, 6.07) is 0. The molecule has 0 aliphatic heterocycles. The van der Waals surface area contributed by atoms with E-state index >= 15 is 0 Å². The standard InChI is InChI=1S/C3H8O.2H3N.H2O4S.H2O/c1-3(2)4;;;1-5(2,3)4;/h3-4H,1-2H3;2*1H3;(H2,1,2,3,4);1H2. The van der Waals surface area contributed by atoms with Crippen molar-refractivity contribution in [2.45, 2.75) is 20.0 Å². The molecule has 0 spiro atoms. The van der Waals surface area contributed by atoms with Crippen molar-refractivity contribution in [2.24, 2.45) is 0 Å². The number of hydrogen-bond donors (Lipinski definition) is 3. The van der Waals surface area contributed by atoms with E-state index in [1.165, 1.54) is 0 Å². The first-order valence-electron chi connectivity index (χ1n) is 2.08. The third-order valence-corrected chi connectivity index (χ3v) is 0. The van der Waals surface area contributed by atoms with E-state index in [2.05, 4.69) is 0 Å². The molecule has 0 unspecified atom stereocenters. The van der Waals surface area contributed by atoms with Crippen molar-refractivity contribution in [3.05, 3.63) is 0 Å². The van der Waals surface area contributed by atoms with Crippen molar-refractivity contribution in [1.82, 2.24) is 12.3 Å². The smallest absolute Gasteiger partial charge is 0.0483 e. The molecule has 0 aromatic carbocycles. The van der Waals surface area contributed by atoms with Crippen LogP contribution in [-0.4, -0.2) is 34.2 Å². The van der Waals surface area contributed by atoms with Gasteiger partial charge in [-0.25, -0.2) is 0 Å². The molecule has 0 saturated carbocycles. The normalized spacial score (nSPS) is 7.83. The molecule has 0 aliphatic rings. The van der Waals surface area contributed by atoms with E-state index < -0.39 is 10.4 Å². The van der Waals surface area contributed by atoms with Gasteiger partial charge >= 0.3 is 0 Å². The monoisotopic (exact) mass is 210 g/mol. The summed E-state index contributed by atoms with van der Waals surface area (Å²) in [4.78, 5) is 0. The Kier molecular flexibility index (Phi) is 33.1. The van der Waals surface area contributed by atoms with Gasteiger partial charge in [0.1, 0.15) is 0 Å². The van der Waals surface area contributed by atoms with Gasteiger partial charge in [-0.3, -0.25) is 8.42 Å². The molecule has 9 heteroatoms. The first-order chi connectivity index (χ1) is 3.73. The van der Waals surface area contributed by atoms with Gasteiger partial charge in [-0.2, -0.15) is 0 Å². The summed E-state index contributed by atoms with van der Waals surface area (Å²) in [6.45, 7) is 3.44. The van der Waals surface area contributed by atoms with Gasteiger partial charge in [0.25, 0.3) is 0 Å². The van der Waals surface area contributed by atoms with Crippen molar-refractivity contribution >= 4 is 10.4 Å². The fourth-order valence-corrected chi connectivity index (χ4v) is 0. The van der Waals surface area contributed by atoms with Crippen molar-refractivity contribution < 1.29 is 28.1 Å². The first kappa shape index (κ1) is 29.8. The Hall–Kier alpha value is -0.290. The van der Waals surface area contributed by atoms with Gasteiger partial charge in [-0.1, -0.05) is 0 Å². The van der Waals surface area contributed by atoms with Gasteiger partial charge in [0.15, 0.2) is 0 Å². The summed E-state index contributed by atoms with van der Waals surface area (Å²) in [5.41, 5.74) is 0. The van der Waals surface area contributed by atoms with Crippen LogP contribution in [0.4, 0.5) is 0 Å². The van der Waals surface area contributed by atoms with Crippen LogP contribution < -0.4 is 12.3 Å². The van der Waals surface area contributed by atoms with Crippen LogP contribution in [0.1, 0.15) is 13.8 Å². The average Bonchev–Trinajstić information content (AvgIpc) is 1.19. The van der Waals surface area contributed by atoms with E-state index in [-0.39, 0.29) is 23.9 Å². The molecule has 0 atom stereocenters. The van der Waals surface area contributed by atoms with Crippen molar-refractivity contribution in [1.29, 1.82) is 0 Å². The maximum atomic E-state index is 8.52. The van der Waals surface area contributed by atoms with Crippen molar-refractivity contribution in [3.8, 4) is 0 Å². The molecule has 0 heterocycles. The highest BCUT2D eigenvalue weighted by molar-refractivity contribution is 7.79. The zero-order valence-electron chi connectivity index (χ0n) is 7.57. The number of quaternary nitrogens is 2. The predicted octanol–water partition coefficient (Wildman–Crippen LogP) is -1.02. The third kappa shape index (κ3) is 8760. The van der Waals surface area contributed by atoms with Gasteiger partial charge < -0.3 is 32.0 Å². The first-order valence-corrected chi connectivity index (χ1v) is 3.41. The fraction of sp³-hybridized carbons (Fsp3) is 1.00. The Morgan fingerprint density at radius 3 is 1.17 bits per heavy atom. The van der Waals surface area contributed by atoms with E-state index in [4.69, 9.17) is 22.6 Å². The lowest BCUT2D eigenvalue weighted by Gasteiger charge is -2.06. The second-order valence-electron chi connectivity index (χ2n) is 1.50. The van der Waals surface area contributed by atoms with Gasteiger partial charge in [0.2, 0.25) is 0 Å². The largest absolute Gasteiger partial charge is 0.759 e. The Balaban J connectivity index is -0.0000000221. The molecule has 0 radical (unpaired) electrons. The molecular formula is C3H18N2O6S. The molecule has 0 aliphatic carbocycles. The summed E-state index contributed by atoms with van der Waals surface area (Å²) in [7, 11) is -5.17. The highest BCUT2D eigenvalue weighted by atomic mass is 32.3. The summed E-state index contributed by atoms with van der Waals surface area (Å²) < 4.78 is 34.1. The van der Waals surface area contributed by atoms with Crippen LogP contribution in [-0.2, 0) is 10.4 Å². The van der Waals surface area contributed by atoms with E-state index in [0.29, 0.717) is 0 Å². The fourth-order valence-electron chi connectivity index (χ4n) is 0. The lowest BCUT2D eigenvalue weighted by molar-refractivity contribution is 0.216. The van der Waals surface area contributed by atoms with E-state index in [1.807, 2.05) is 0 Å². The maximum Gasteiger partial charge on any atom is 0.0483 e. The highest BCUT2D eigenvalue weighted by Gasteiger charge is 1.69. The zero-order valence-corrected chi connectivity index (χ0v) is 8.38. The lowest BCUT2D eigenvalue weighted by Crippen LogP contribution is -1.91. The molecule has 0 aromatic heterocycles. The van der Waals surface area contributed by atoms with Crippen LogP contribution >= 0.6 is 0 Å². The van der Waals surface area contributed by atoms with Gasteiger partial charge in [0.05, 0.1) is 0 Å². The molecule has 0 rings (SSSR count). The molecule has 11 N–H and O–H groups in total. The van der Waals surface area contributed by atoms with E-state index in [1.54, 1.807) is 13.8 Å². The Morgan fingerprint density at radius 2 is 1.17 bits per heavy atom. The number of hydrogen-bond acceptors (Lipinski definition) is 5. The minimum absolute atomic E-state index is 0. The topological polar surface area (TPSA) is 205 Å². The minimum Gasteiger partial charge on any atom is -0.759 e. The van der Waals surface area contributed by atoms with Crippen molar-refractivity contribution in [3.63, 3.8) is 0 Å². The van der Waals surface area contributed by atoms with E-state index in [0.717, 1.165) is 0 Å². The van der Waals surface area contributed by atoms with Crippen LogP contribution in [0.15, 0.2) is 0 Å². The molecule has 82 valence electrons. The van der Waals surface area contributed by atoms with Crippen LogP contribution in [0.25, 0.3) is 0 Å². The second-order valence-corrected chi connectivity index (χ2v) is 2.32. The van der Waals surface area contributed by atoms with Crippen LogP contribution in [0.3, 0.4) is 0 Å². The Bertz CT molecular complexity index is 132. The van der Waals surface area contributed by atoms with Crippen LogP contribution in [0.5, 0.6) is 0 Å². The minimum atomic E-state index is -5.17. The summed E-state index contributed by atoms with van der Waals surface area (Å²) >= 11 is 0. The molecule has 0 fully saturated rings. The van der Waals surface area contributed by atoms with Gasteiger partial charge in [-0.15, -0.1) is 0 Å². The third-order valence-electron chi connectivity index (χ3n) is 0. The SMILES string of the molecule is CC(C)O.O.O=S(=O)([O-])[O-].[NH4+].[NH4+]. The van der Waals surface area contributed by atoms with E-state index in [9.17, 15) is 0 Å². The van der Waals surface area contributed by atoms with Gasteiger partial charge in [0, 0.05) is 16.5 Å². The predicted molar refractivity (Wildman–Crippen MR) is 43.4 cm³/mol. The maximum absolute atomic E-state index is 8.52. The number of aliphatic hydroxyl groups excluding tert-OH is 1. The van der Waals surface area contributed by atoms with Crippen molar-refractivity contribution in [2.75, 3.05) is 0 Å². The molecule has 12 heavy (non-hydrogen) atoms. The Labute approximate surface area is 71.7 Å². The molecule has 0 bridgehead atoms. The molecular weight excluding hydrogens is 192 g/mol. The zero-order chi connectivity index (χ0) is 8.08. The molecule has 0 saturated heterocycles. The summed E-state index contributed by atoms with van der Waals surface area (Å²) in [5.74, 6) is 0. The molecule has 0 aromatic rings.